The van der Waals surface area contributed by atoms with E-state index in [4.69, 9.17) is 0 Å². The average molecular weight is 423 g/mol. The van der Waals surface area contributed by atoms with Gasteiger partial charge in [0.05, 0.1) is 0 Å². The van der Waals surface area contributed by atoms with Crippen molar-refractivity contribution in [3.05, 3.63) is 82.9 Å². The van der Waals surface area contributed by atoms with Crippen LogP contribution in [0.4, 0.5) is 0 Å². The lowest BCUT2D eigenvalue weighted by atomic mass is 9.79. The minimum Gasteiger partial charge on any atom is -0.0587 e. The van der Waals surface area contributed by atoms with E-state index in [2.05, 4.69) is 74.5 Å². The zero-order valence-electron chi connectivity index (χ0n) is 20.0. The van der Waals surface area contributed by atoms with Crippen molar-refractivity contribution in [1.82, 2.24) is 0 Å². The fourth-order valence-electron chi connectivity index (χ4n) is 6.22. The molecule has 0 atom stereocenters. The molecule has 0 nitrogen and oxygen atoms in total. The van der Waals surface area contributed by atoms with Crippen LogP contribution >= 0.6 is 0 Å². The van der Waals surface area contributed by atoms with Gasteiger partial charge in [-0.25, -0.2) is 0 Å². The molecule has 0 spiro atoms. The van der Waals surface area contributed by atoms with Gasteiger partial charge in [0.25, 0.3) is 0 Å². The number of rotatable bonds is 4. The third kappa shape index (κ3) is 4.56. The largest absolute Gasteiger partial charge is 0.0587 e. The van der Waals surface area contributed by atoms with Crippen molar-refractivity contribution in [3.63, 3.8) is 0 Å². The van der Waals surface area contributed by atoms with E-state index in [1.807, 2.05) is 0 Å². The highest BCUT2D eigenvalue weighted by Gasteiger charge is 2.21. The summed E-state index contributed by atoms with van der Waals surface area (Å²) in [5.74, 6) is 1.46. The van der Waals surface area contributed by atoms with E-state index in [-0.39, 0.29) is 0 Å². The Morgan fingerprint density at radius 2 is 0.844 bits per heavy atom. The summed E-state index contributed by atoms with van der Waals surface area (Å²) < 4.78 is 0. The van der Waals surface area contributed by atoms with E-state index in [9.17, 15) is 0 Å². The number of hydrogen-bond acceptors (Lipinski definition) is 0. The molecule has 3 aromatic rings. The van der Waals surface area contributed by atoms with Gasteiger partial charge in [0.15, 0.2) is 0 Å². The molecule has 2 fully saturated rings. The van der Waals surface area contributed by atoms with Crippen LogP contribution in [0.2, 0.25) is 0 Å². The average Bonchev–Trinajstić information content (AvgIpc) is 2.85. The molecule has 0 heteroatoms. The smallest absolute Gasteiger partial charge is 0.0149 e. The second kappa shape index (κ2) is 9.65. The standard InChI is InChI=1S/C32H38/c1-23-13-19-29(31(21-23)25-9-5-3-6-10-25)27-15-17-28(18-16-27)30-20-14-24(2)22-32(30)26-11-7-4-8-12-26/h13-22,25-26H,3-12H2,1-2H3. The summed E-state index contributed by atoms with van der Waals surface area (Å²) >= 11 is 0. The normalized spacial score (nSPS) is 18.1. The second-order valence-electron chi connectivity index (χ2n) is 10.4. The van der Waals surface area contributed by atoms with Gasteiger partial charge in [-0.3, -0.25) is 0 Å². The lowest BCUT2D eigenvalue weighted by Gasteiger charge is -2.26. The molecule has 3 aromatic carbocycles. The van der Waals surface area contributed by atoms with Crippen molar-refractivity contribution in [2.45, 2.75) is 89.9 Å². The predicted octanol–water partition coefficient (Wildman–Crippen LogP) is 9.73. The van der Waals surface area contributed by atoms with Crippen LogP contribution in [0, 0.1) is 13.8 Å². The molecule has 0 amide bonds. The van der Waals surface area contributed by atoms with Crippen LogP contribution in [-0.2, 0) is 0 Å². The molecule has 0 aliphatic heterocycles. The van der Waals surface area contributed by atoms with Crippen LogP contribution in [0.5, 0.6) is 0 Å². The quantitative estimate of drug-likeness (QED) is 0.392. The molecule has 2 aliphatic rings. The first-order valence-electron chi connectivity index (χ1n) is 13.0. The Kier molecular flexibility index (Phi) is 6.49. The molecule has 0 bridgehead atoms. The van der Waals surface area contributed by atoms with Crippen molar-refractivity contribution in [3.8, 4) is 22.3 Å². The molecule has 32 heavy (non-hydrogen) atoms. The SMILES string of the molecule is Cc1ccc(-c2ccc(-c3ccc(C)cc3C3CCCCC3)cc2)c(C2CCCCC2)c1. The van der Waals surface area contributed by atoms with Gasteiger partial charge in [-0.05, 0) is 84.7 Å². The minimum atomic E-state index is 0.730. The summed E-state index contributed by atoms with van der Waals surface area (Å²) in [6, 6.07) is 23.7. The highest BCUT2D eigenvalue weighted by atomic mass is 14.3. The summed E-state index contributed by atoms with van der Waals surface area (Å²) in [6.07, 6.45) is 13.8. The first kappa shape index (κ1) is 21.5. The summed E-state index contributed by atoms with van der Waals surface area (Å²) in [4.78, 5) is 0. The molecule has 2 saturated carbocycles. The van der Waals surface area contributed by atoms with Crippen LogP contribution in [0.25, 0.3) is 22.3 Å². The predicted molar refractivity (Wildman–Crippen MR) is 138 cm³/mol. The minimum absolute atomic E-state index is 0.730. The van der Waals surface area contributed by atoms with Crippen molar-refractivity contribution in [2.24, 2.45) is 0 Å². The van der Waals surface area contributed by atoms with Crippen LogP contribution in [-0.4, -0.2) is 0 Å². The molecular weight excluding hydrogens is 384 g/mol. The first-order chi connectivity index (χ1) is 15.7. The van der Waals surface area contributed by atoms with Crippen LogP contribution in [0.3, 0.4) is 0 Å². The van der Waals surface area contributed by atoms with Gasteiger partial charge in [-0.1, -0.05) is 110 Å². The highest BCUT2D eigenvalue weighted by Crippen LogP contribution is 2.41. The van der Waals surface area contributed by atoms with Gasteiger partial charge in [-0.2, -0.15) is 0 Å². The van der Waals surface area contributed by atoms with E-state index in [0.29, 0.717) is 0 Å². The summed E-state index contributed by atoms with van der Waals surface area (Å²) in [5, 5.41) is 0. The van der Waals surface area contributed by atoms with Crippen molar-refractivity contribution >= 4 is 0 Å². The van der Waals surface area contributed by atoms with Crippen molar-refractivity contribution < 1.29 is 0 Å². The molecule has 0 radical (unpaired) electrons. The Bertz CT molecular complexity index is 957. The molecule has 0 N–H and O–H groups in total. The second-order valence-corrected chi connectivity index (χ2v) is 10.4. The van der Waals surface area contributed by atoms with Gasteiger partial charge in [0.2, 0.25) is 0 Å². The molecular formula is C32H38. The number of aryl methyl sites for hydroxylation is 2. The van der Waals surface area contributed by atoms with Crippen LogP contribution < -0.4 is 0 Å². The van der Waals surface area contributed by atoms with E-state index >= 15 is 0 Å². The Hall–Kier alpha value is -2.34. The van der Waals surface area contributed by atoms with Crippen molar-refractivity contribution in [2.75, 3.05) is 0 Å². The molecule has 0 aromatic heterocycles. The lowest BCUT2D eigenvalue weighted by Crippen LogP contribution is -2.07. The molecule has 0 heterocycles. The zero-order valence-corrected chi connectivity index (χ0v) is 20.0. The summed E-state index contributed by atoms with van der Waals surface area (Å²) in [7, 11) is 0. The molecule has 0 saturated heterocycles. The zero-order chi connectivity index (χ0) is 21.9. The van der Waals surface area contributed by atoms with E-state index in [0.717, 1.165) is 11.8 Å². The van der Waals surface area contributed by atoms with Gasteiger partial charge in [-0.15, -0.1) is 0 Å². The fraction of sp³-hybridized carbons (Fsp3) is 0.438. The van der Waals surface area contributed by atoms with Gasteiger partial charge in [0, 0.05) is 0 Å². The molecule has 5 rings (SSSR count). The maximum Gasteiger partial charge on any atom is -0.0149 e. The Balaban J connectivity index is 1.48. The van der Waals surface area contributed by atoms with Crippen molar-refractivity contribution in [1.29, 1.82) is 0 Å². The lowest BCUT2D eigenvalue weighted by molar-refractivity contribution is 0.444. The molecule has 0 unspecified atom stereocenters. The van der Waals surface area contributed by atoms with E-state index in [1.165, 1.54) is 97.6 Å². The number of hydrogen-bond donors (Lipinski definition) is 0. The summed E-state index contributed by atoms with van der Waals surface area (Å²) in [6.45, 7) is 4.48. The van der Waals surface area contributed by atoms with Gasteiger partial charge in [0.1, 0.15) is 0 Å². The van der Waals surface area contributed by atoms with E-state index < -0.39 is 0 Å². The topological polar surface area (TPSA) is 0 Å². The highest BCUT2D eigenvalue weighted by molar-refractivity contribution is 5.75. The van der Waals surface area contributed by atoms with Crippen LogP contribution in [0.15, 0.2) is 60.7 Å². The Morgan fingerprint density at radius 3 is 1.22 bits per heavy atom. The van der Waals surface area contributed by atoms with Crippen LogP contribution in [0.1, 0.15) is 98.3 Å². The van der Waals surface area contributed by atoms with E-state index in [1.54, 1.807) is 11.1 Å². The third-order valence-electron chi connectivity index (χ3n) is 8.01. The first-order valence-corrected chi connectivity index (χ1v) is 13.0. The van der Waals surface area contributed by atoms with Gasteiger partial charge >= 0.3 is 0 Å². The maximum absolute atomic E-state index is 2.46. The molecule has 166 valence electrons. The Labute approximate surface area is 195 Å². The molecule has 2 aliphatic carbocycles. The fourth-order valence-corrected chi connectivity index (χ4v) is 6.22. The van der Waals surface area contributed by atoms with Gasteiger partial charge < -0.3 is 0 Å². The third-order valence-corrected chi connectivity index (χ3v) is 8.01. The number of benzene rings is 3. The Morgan fingerprint density at radius 1 is 0.469 bits per heavy atom. The summed E-state index contributed by atoms with van der Waals surface area (Å²) in [5.41, 5.74) is 11.6. The maximum atomic E-state index is 2.46. The monoisotopic (exact) mass is 422 g/mol.